The molecule has 8 nitrogen and oxygen atoms in total. The second-order valence-electron chi connectivity index (χ2n) is 10.0. The first-order chi connectivity index (χ1) is 18.7. The maximum absolute atomic E-state index is 15.9. The van der Waals surface area contributed by atoms with E-state index in [1.165, 1.54) is 10.6 Å². The van der Waals surface area contributed by atoms with E-state index in [1.54, 1.807) is 31.7 Å². The number of fused-ring (bicyclic) bond motifs is 1. The Labute approximate surface area is 227 Å². The number of rotatable bonds is 8. The minimum atomic E-state index is -3.54. The number of likely N-dealkylation sites (N-methyl/N-ethyl adjacent to an activating group) is 1. The van der Waals surface area contributed by atoms with Crippen molar-refractivity contribution in [3.8, 4) is 16.8 Å². The standard InChI is InChI=1S/C28H32F2N6O2S/c1-4-12-39(37,38)18-20-6-7-23(29)27(25(20)30)36-17-22(21-13-19(5-2)14-31-15-21)26-24(36)16-32-28(33-26)35-10-8-34(3)9-11-35/h6-7,13-17H,4-5,8-12,18H2,1-3H3. The number of piperazine rings is 1. The number of benzene rings is 1. The smallest absolute Gasteiger partial charge is 0.226 e. The fourth-order valence-electron chi connectivity index (χ4n) is 4.92. The molecule has 39 heavy (non-hydrogen) atoms. The third-order valence-electron chi connectivity index (χ3n) is 7.11. The molecule has 1 aliphatic rings. The van der Waals surface area contributed by atoms with Crippen LogP contribution in [-0.2, 0) is 22.0 Å². The zero-order valence-electron chi connectivity index (χ0n) is 22.4. The van der Waals surface area contributed by atoms with Crippen LogP contribution in [0.5, 0.6) is 0 Å². The van der Waals surface area contributed by atoms with Gasteiger partial charge >= 0.3 is 0 Å². The molecule has 1 aromatic carbocycles. The topological polar surface area (TPSA) is 84.2 Å². The van der Waals surface area contributed by atoms with Crippen LogP contribution < -0.4 is 4.90 Å². The minimum absolute atomic E-state index is 0.0700. The van der Waals surface area contributed by atoms with Gasteiger partial charge in [0, 0.05) is 61.5 Å². The van der Waals surface area contributed by atoms with Crippen LogP contribution in [0.25, 0.3) is 27.8 Å². The lowest BCUT2D eigenvalue weighted by Gasteiger charge is -2.32. The average molecular weight is 555 g/mol. The van der Waals surface area contributed by atoms with Gasteiger partial charge in [-0.3, -0.25) is 4.98 Å². The summed E-state index contributed by atoms with van der Waals surface area (Å²) in [5, 5.41) is 0. The molecule has 11 heteroatoms. The highest BCUT2D eigenvalue weighted by atomic mass is 32.2. The summed E-state index contributed by atoms with van der Waals surface area (Å²) in [6.07, 6.45) is 7.90. The molecule has 0 radical (unpaired) electrons. The van der Waals surface area contributed by atoms with E-state index < -0.39 is 27.2 Å². The molecule has 206 valence electrons. The summed E-state index contributed by atoms with van der Waals surface area (Å²) in [7, 11) is -1.48. The summed E-state index contributed by atoms with van der Waals surface area (Å²) in [5.74, 6) is -1.75. The van der Waals surface area contributed by atoms with Gasteiger partial charge < -0.3 is 14.4 Å². The molecule has 1 saturated heterocycles. The number of anilines is 1. The van der Waals surface area contributed by atoms with Crippen LogP contribution in [0.2, 0.25) is 0 Å². The van der Waals surface area contributed by atoms with Crippen molar-refractivity contribution >= 4 is 26.8 Å². The Balaban J connectivity index is 1.69. The predicted octanol–water partition coefficient (Wildman–Crippen LogP) is 4.40. The van der Waals surface area contributed by atoms with E-state index in [0.29, 0.717) is 29.0 Å². The third-order valence-corrected chi connectivity index (χ3v) is 8.89. The van der Waals surface area contributed by atoms with Crippen LogP contribution in [0.15, 0.2) is 43.0 Å². The first-order valence-corrected chi connectivity index (χ1v) is 15.0. The van der Waals surface area contributed by atoms with Crippen LogP contribution in [0.4, 0.5) is 14.7 Å². The molecule has 0 saturated carbocycles. The number of halogens is 2. The lowest BCUT2D eigenvalue weighted by Crippen LogP contribution is -2.45. The number of sulfone groups is 1. The second kappa shape index (κ2) is 11.0. The van der Waals surface area contributed by atoms with Gasteiger partial charge in [0.1, 0.15) is 17.0 Å². The Morgan fingerprint density at radius 3 is 2.51 bits per heavy atom. The summed E-state index contributed by atoms with van der Waals surface area (Å²) in [6.45, 7) is 7.06. The summed E-state index contributed by atoms with van der Waals surface area (Å²) in [4.78, 5) is 18.1. The Morgan fingerprint density at radius 1 is 1.03 bits per heavy atom. The molecule has 3 aromatic heterocycles. The van der Waals surface area contributed by atoms with Crippen LogP contribution >= 0.6 is 0 Å². The molecular weight excluding hydrogens is 522 g/mol. The number of aromatic nitrogens is 4. The third kappa shape index (κ3) is 5.51. The lowest BCUT2D eigenvalue weighted by atomic mass is 10.1. The predicted molar refractivity (Wildman–Crippen MR) is 149 cm³/mol. The Kier molecular flexibility index (Phi) is 7.64. The monoisotopic (exact) mass is 554 g/mol. The Bertz CT molecular complexity index is 1610. The molecule has 0 amide bonds. The maximum Gasteiger partial charge on any atom is 0.226 e. The van der Waals surface area contributed by atoms with E-state index >= 15 is 8.78 Å². The van der Waals surface area contributed by atoms with Crippen LogP contribution in [0.1, 0.15) is 31.4 Å². The largest absolute Gasteiger partial charge is 0.338 e. The Hall–Kier alpha value is -3.44. The summed E-state index contributed by atoms with van der Waals surface area (Å²) >= 11 is 0. The number of hydrogen-bond acceptors (Lipinski definition) is 7. The van der Waals surface area contributed by atoms with Crippen molar-refractivity contribution in [3.63, 3.8) is 0 Å². The quantitative estimate of drug-likeness (QED) is 0.319. The molecular formula is C28H32F2N6O2S. The summed E-state index contributed by atoms with van der Waals surface area (Å²) in [6, 6.07) is 4.30. The fourth-order valence-corrected chi connectivity index (χ4v) is 6.38. The first-order valence-electron chi connectivity index (χ1n) is 13.1. The highest BCUT2D eigenvalue weighted by molar-refractivity contribution is 7.90. The lowest BCUT2D eigenvalue weighted by molar-refractivity contribution is 0.311. The van der Waals surface area contributed by atoms with Gasteiger partial charge in [-0.15, -0.1) is 0 Å². The van der Waals surface area contributed by atoms with Gasteiger partial charge in [0.15, 0.2) is 15.7 Å². The van der Waals surface area contributed by atoms with Gasteiger partial charge in [-0.2, -0.15) is 0 Å². The molecule has 4 heterocycles. The molecule has 0 spiro atoms. The maximum atomic E-state index is 15.9. The molecule has 0 unspecified atom stereocenters. The van der Waals surface area contributed by atoms with Crippen molar-refractivity contribution in [2.24, 2.45) is 0 Å². The van der Waals surface area contributed by atoms with Gasteiger partial charge in [0.2, 0.25) is 5.95 Å². The Morgan fingerprint density at radius 2 is 1.79 bits per heavy atom. The van der Waals surface area contributed by atoms with Crippen LogP contribution in [0.3, 0.4) is 0 Å². The van der Waals surface area contributed by atoms with Crippen LogP contribution in [0, 0.1) is 11.6 Å². The fraction of sp³-hybridized carbons (Fsp3) is 0.393. The van der Waals surface area contributed by atoms with E-state index in [4.69, 9.17) is 4.98 Å². The molecule has 0 bridgehead atoms. The molecule has 4 aromatic rings. The number of pyridine rings is 1. The van der Waals surface area contributed by atoms with E-state index in [9.17, 15) is 8.42 Å². The number of nitrogens with zero attached hydrogens (tertiary/aromatic N) is 6. The van der Waals surface area contributed by atoms with E-state index in [2.05, 4.69) is 26.8 Å². The van der Waals surface area contributed by atoms with Gasteiger partial charge in [0.25, 0.3) is 0 Å². The van der Waals surface area contributed by atoms with Crippen LogP contribution in [-0.4, -0.2) is 71.8 Å². The van der Waals surface area contributed by atoms with Crippen molar-refractivity contribution < 1.29 is 17.2 Å². The van der Waals surface area contributed by atoms with E-state index in [-0.39, 0.29) is 17.0 Å². The first kappa shape index (κ1) is 27.1. The zero-order chi connectivity index (χ0) is 27.7. The summed E-state index contributed by atoms with van der Waals surface area (Å²) in [5.41, 5.74) is 2.96. The van der Waals surface area contributed by atoms with Crippen molar-refractivity contribution in [1.29, 1.82) is 0 Å². The molecule has 0 N–H and O–H groups in total. The normalized spacial score (nSPS) is 14.8. The van der Waals surface area contributed by atoms with E-state index in [1.807, 2.05) is 13.0 Å². The van der Waals surface area contributed by atoms with Crippen molar-refractivity contribution in [2.45, 2.75) is 32.4 Å². The molecule has 0 aliphatic carbocycles. The molecule has 1 aliphatic heterocycles. The second-order valence-corrected chi connectivity index (χ2v) is 12.2. The van der Waals surface area contributed by atoms with Crippen molar-refractivity contribution in [1.82, 2.24) is 24.4 Å². The average Bonchev–Trinajstić information content (AvgIpc) is 3.29. The van der Waals surface area contributed by atoms with Crippen molar-refractivity contribution in [2.75, 3.05) is 43.9 Å². The summed E-state index contributed by atoms with van der Waals surface area (Å²) < 4.78 is 57.4. The highest BCUT2D eigenvalue weighted by Crippen LogP contribution is 2.35. The number of hydrogen-bond donors (Lipinski definition) is 0. The zero-order valence-corrected chi connectivity index (χ0v) is 23.2. The van der Waals surface area contributed by atoms with Crippen molar-refractivity contribution in [3.05, 3.63) is 65.7 Å². The molecule has 1 fully saturated rings. The highest BCUT2D eigenvalue weighted by Gasteiger charge is 2.25. The minimum Gasteiger partial charge on any atom is -0.338 e. The number of aryl methyl sites for hydroxylation is 1. The van der Waals surface area contributed by atoms with Gasteiger partial charge in [-0.1, -0.05) is 19.9 Å². The SMILES string of the molecule is CCCS(=O)(=O)Cc1ccc(F)c(-n2cc(-c3cncc(CC)c3)c3nc(N4CCN(C)CC4)ncc32)c1F. The van der Waals surface area contributed by atoms with Gasteiger partial charge in [0.05, 0.1) is 23.2 Å². The molecule has 0 atom stereocenters. The molecule has 5 rings (SSSR count). The van der Waals surface area contributed by atoms with Gasteiger partial charge in [-0.05, 0) is 37.6 Å². The van der Waals surface area contributed by atoms with Gasteiger partial charge in [-0.25, -0.2) is 27.2 Å². The van der Waals surface area contributed by atoms with E-state index in [0.717, 1.165) is 49.8 Å².